The van der Waals surface area contributed by atoms with Crippen LogP contribution in [-0.4, -0.2) is 11.5 Å². The van der Waals surface area contributed by atoms with Crippen LogP contribution in [0.5, 0.6) is 0 Å². The summed E-state index contributed by atoms with van der Waals surface area (Å²) in [5.41, 5.74) is 1.63. The Morgan fingerprint density at radius 3 is 2.95 bits per heavy atom. The molecule has 0 atom stereocenters. The van der Waals surface area contributed by atoms with Crippen molar-refractivity contribution in [3.05, 3.63) is 46.2 Å². The lowest BCUT2D eigenvalue weighted by Gasteiger charge is -2.05. The highest BCUT2D eigenvalue weighted by atomic mass is 16.1. The first kappa shape index (κ1) is 13.4. The first-order valence-electron chi connectivity index (χ1n) is 6.56. The van der Waals surface area contributed by atoms with Gasteiger partial charge in [0, 0.05) is 24.0 Å². The molecule has 98 valence electrons. The molecule has 0 aliphatic heterocycles. The molecular weight excluding hydrogens is 236 g/mol. The first-order chi connectivity index (χ1) is 9.31. The predicted molar refractivity (Wildman–Crippen MR) is 79.0 cm³/mol. The van der Waals surface area contributed by atoms with Gasteiger partial charge in [-0.2, -0.15) is 0 Å². The number of terminal acetylenes is 1. The third kappa shape index (κ3) is 3.70. The summed E-state index contributed by atoms with van der Waals surface area (Å²) >= 11 is 0. The lowest BCUT2D eigenvalue weighted by atomic mass is 10.1. The van der Waals surface area contributed by atoms with Crippen molar-refractivity contribution in [2.45, 2.75) is 25.8 Å². The minimum absolute atomic E-state index is 0.0187. The molecule has 19 heavy (non-hydrogen) atoms. The fourth-order valence-corrected chi connectivity index (χ4v) is 2.02. The molecule has 1 heterocycles. The standard InChI is InChI=1S/C16H18N2O/c1-2-3-4-7-10-17-12-14-11-13-8-5-6-9-15(13)18-16(14)19/h1,5-6,8-9,11,17H,3-4,7,10,12H2,(H,18,19). The van der Waals surface area contributed by atoms with Crippen LogP contribution >= 0.6 is 0 Å². The molecule has 2 aromatic rings. The van der Waals surface area contributed by atoms with Gasteiger partial charge in [-0.25, -0.2) is 0 Å². The molecule has 1 aromatic carbocycles. The summed E-state index contributed by atoms with van der Waals surface area (Å²) in [4.78, 5) is 14.8. The SMILES string of the molecule is C#CCCCCNCc1cc2ccccc2[nH]c1=O. The molecular formula is C16H18N2O. The summed E-state index contributed by atoms with van der Waals surface area (Å²) in [6, 6.07) is 9.75. The normalized spacial score (nSPS) is 10.5. The van der Waals surface area contributed by atoms with Gasteiger partial charge in [0.25, 0.3) is 5.56 Å². The molecule has 0 spiro atoms. The molecule has 0 fully saturated rings. The highest BCUT2D eigenvalue weighted by molar-refractivity contribution is 5.78. The van der Waals surface area contributed by atoms with Gasteiger partial charge in [-0.3, -0.25) is 4.79 Å². The van der Waals surface area contributed by atoms with E-state index in [0.29, 0.717) is 6.54 Å². The Morgan fingerprint density at radius 2 is 2.11 bits per heavy atom. The number of H-pyrrole nitrogens is 1. The number of rotatable bonds is 6. The number of benzene rings is 1. The van der Waals surface area contributed by atoms with Gasteiger partial charge in [-0.1, -0.05) is 18.2 Å². The average molecular weight is 254 g/mol. The number of hydrogen-bond acceptors (Lipinski definition) is 2. The zero-order valence-electron chi connectivity index (χ0n) is 10.9. The van der Waals surface area contributed by atoms with Crippen LogP contribution in [0.15, 0.2) is 35.1 Å². The maximum atomic E-state index is 11.9. The highest BCUT2D eigenvalue weighted by Gasteiger charge is 2.01. The van der Waals surface area contributed by atoms with Crippen LogP contribution in [0.4, 0.5) is 0 Å². The number of fused-ring (bicyclic) bond motifs is 1. The molecule has 2 N–H and O–H groups in total. The minimum atomic E-state index is -0.0187. The van der Waals surface area contributed by atoms with Crippen molar-refractivity contribution in [2.24, 2.45) is 0 Å². The molecule has 0 aliphatic rings. The van der Waals surface area contributed by atoms with Crippen molar-refractivity contribution in [1.29, 1.82) is 0 Å². The molecule has 0 saturated carbocycles. The lowest BCUT2D eigenvalue weighted by molar-refractivity contribution is 0.627. The summed E-state index contributed by atoms with van der Waals surface area (Å²) in [5, 5.41) is 4.34. The van der Waals surface area contributed by atoms with Crippen molar-refractivity contribution in [3.63, 3.8) is 0 Å². The first-order valence-corrected chi connectivity index (χ1v) is 6.56. The third-order valence-electron chi connectivity index (χ3n) is 3.07. The Labute approximate surface area is 113 Å². The number of para-hydroxylation sites is 1. The van der Waals surface area contributed by atoms with Crippen molar-refractivity contribution < 1.29 is 0 Å². The second kappa shape index (κ2) is 6.77. The van der Waals surface area contributed by atoms with E-state index in [1.165, 1.54) is 0 Å². The van der Waals surface area contributed by atoms with E-state index in [-0.39, 0.29) is 5.56 Å². The fraction of sp³-hybridized carbons (Fsp3) is 0.312. The number of aromatic nitrogens is 1. The summed E-state index contributed by atoms with van der Waals surface area (Å²) in [6.45, 7) is 1.48. The molecule has 1 aromatic heterocycles. The van der Waals surface area contributed by atoms with E-state index < -0.39 is 0 Å². The highest BCUT2D eigenvalue weighted by Crippen LogP contribution is 2.09. The van der Waals surface area contributed by atoms with Gasteiger partial charge in [0.05, 0.1) is 0 Å². The average Bonchev–Trinajstić information content (AvgIpc) is 2.43. The Hall–Kier alpha value is -2.05. The van der Waals surface area contributed by atoms with Crippen molar-refractivity contribution >= 4 is 10.9 Å². The van der Waals surface area contributed by atoms with E-state index in [1.54, 1.807) is 0 Å². The van der Waals surface area contributed by atoms with Crippen LogP contribution in [0, 0.1) is 12.3 Å². The predicted octanol–water partition coefficient (Wildman–Crippen LogP) is 2.42. The maximum Gasteiger partial charge on any atom is 0.252 e. The van der Waals surface area contributed by atoms with Crippen LogP contribution in [0.2, 0.25) is 0 Å². The van der Waals surface area contributed by atoms with E-state index in [9.17, 15) is 4.79 Å². The molecule has 3 heteroatoms. The number of pyridine rings is 1. The Bertz CT molecular complexity index is 637. The molecule has 0 amide bonds. The Morgan fingerprint density at radius 1 is 1.26 bits per heavy atom. The van der Waals surface area contributed by atoms with Gasteiger partial charge < -0.3 is 10.3 Å². The molecule has 0 unspecified atom stereocenters. The van der Waals surface area contributed by atoms with Crippen molar-refractivity contribution in [3.8, 4) is 12.3 Å². The minimum Gasteiger partial charge on any atom is -0.322 e. The second-order valence-electron chi connectivity index (χ2n) is 4.55. The van der Waals surface area contributed by atoms with Gasteiger partial charge in [-0.15, -0.1) is 12.3 Å². The van der Waals surface area contributed by atoms with E-state index in [2.05, 4.69) is 16.2 Å². The van der Waals surface area contributed by atoms with E-state index in [1.807, 2.05) is 30.3 Å². The monoisotopic (exact) mass is 254 g/mol. The van der Waals surface area contributed by atoms with E-state index in [4.69, 9.17) is 6.42 Å². The zero-order chi connectivity index (χ0) is 13.5. The lowest BCUT2D eigenvalue weighted by Crippen LogP contribution is -2.21. The number of nitrogens with one attached hydrogen (secondary N) is 2. The van der Waals surface area contributed by atoms with E-state index >= 15 is 0 Å². The smallest absolute Gasteiger partial charge is 0.252 e. The number of unbranched alkanes of at least 4 members (excludes halogenated alkanes) is 2. The van der Waals surface area contributed by atoms with Gasteiger partial charge >= 0.3 is 0 Å². The fourth-order valence-electron chi connectivity index (χ4n) is 2.02. The maximum absolute atomic E-state index is 11.9. The molecule has 0 saturated heterocycles. The number of aromatic amines is 1. The Kier molecular flexibility index (Phi) is 4.77. The molecule has 0 bridgehead atoms. The van der Waals surface area contributed by atoms with E-state index in [0.717, 1.165) is 42.3 Å². The Balaban J connectivity index is 1.95. The van der Waals surface area contributed by atoms with Crippen LogP contribution in [0.1, 0.15) is 24.8 Å². The van der Waals surface area contributed by atoms with Gasteiger partial charge in [0.2, 0.25) is 0 Å². The molecule has 0 aliphatic carbocycles. The molecule has 2 rings (SSSR count). The van der Waals surface area contributed by atoms with Crippen LogP contribution in [0.25, 0.3) is 10.9 Å². The zero-order valence-corrected chi connectivity index (χ0v) is 10.9. The quantitative estimate of drug-likeness (QED) is 0.614. The summed E-state index contributed by atoms with van der Waals surface area (Å²) in [6.07, 6.45) is 8.07. The van der Waals surface area contributed by atoms with Crippen LogP contribution < -0.4 is 10.9 Å². The summed E-state index contributed by atoms with van der Waals surface area (Å²) in [5.74, 6) is 2.62. The number of hydrogen-bond donors (Lipinski definition) is 2. The second-order valence-corrected chi connectivity index (χ2v) is 4.55. The molecule has 0 radical (unpaired) electrons. The molecule has 3 nitrogen and oxygen atoms in total. The van der Waals surface area contributed by atoms with Crippen LogP contribution in [-0.2, 0) is 6.54 Å². The summed E-state index contributed by atoms with van der Waals surface area (Å²) < 4.78 is 0. The van der Waals surface area contributed by atoms with Crippen LogP contribution in [0.3, 0.4) is 0 Å². The van der Waals surface area contributed by atoms with Crippen molar-refractivity contribution in [2.75, 3.05) is 6.54 Å². The van der Waals surface area contributed by atoms with Gasteiger partial charge in [0.15, 0.2) is 0 Å². The van der Waals surface area contributed by atoms with Gasteiger partial charge in [-0.05, 0) is 36.9 Å². The van der Waals surface area contributed by atoms with Gasteiger partial charge in [0.1, 0.15) is 0 Å². The third-order valence-corrected chi connectivity index (χ3v) is 3.07. The summed E-state index contributed by atoms with van der Waals surface area (Å²) in [7, 11) is 0. The van der Waals surface area contributed by atoms with Crippen molar-refractivity contribution in [1.82, 2.24) is 10.3 Å². The largest absolute Gasteiger partial charge is 0.322 e. The topological polar surface area (TPSA) is 44.9 Å².